The van der Waals surface area contributed by atoms with Crippen LogP contribution in [0.2, 0.25) is 0 Å². The number of nitrogens with one attached hydrogen (secondary N) is 3. The molecule has 0 aliphatic carbocycles. The molecule has 0 fully saturated rings. The van der Waals surface area contributed by atoms with Gasteiger partial charge in [-0.1, -0.05) is 80.9 Å². The van der Waals surface area contributed by atoms with E-state index in [1.807, 2.05) is 6.20 Å². The third-order valence-corrected chi connectivity index (χ3v) is 3.78. The lowest BCUT2D eigenvalue weighted by atomic mass is 10.1. The number of hydrogen-bond donors (Lipinski definition) is 3. The van der Waals surface area contributed by atoms with Crippen LogP contribution in [-0.2, 0) is 28.9 Å². The summed E-state index contributed by atoms with van der Waals surface area (Å²) in [6.07, 6.45) is 9.03. The van der Waals surface area contributed by atoms with Crippen LogP contribution in [0.25, 0.3) is 0 Å². The Morgan fingerprint density at radius 1 is 0.800 bits per heavy atom. The minimum Gasteiger partial charge on any atom is -0.346 e. The van der Waals surface area contributed by atoms with E-state index >= 15 is 0 Å². The molecule has 0 saturated heterocycles. The van der Waals surface area contributed by atoms with Gasteiger partial charge in [-0.25, -0.2) is 25.4 Å². The highest BCUT2D eigenvalue weighted by atomic mass is 16.1. The summed E-state index contributed by atoms with van der Waals surface area (Å²) in [4.78, 5) is 24.3. The van der Waals surface area contributed by atoms with Crippen molar-refractivity contribution in [1.29, 1.82) is 10.8 Å². The van der Waals surface area contributed by atoms with E-state index in [1.165, 1.54) is 29.7 Å². The van der Waals surface area contributed by atoms with E-state index in [9.17, 15) is 0 Å². The molecule has 0 radical (unpaired) electrons. The van der Waals surface area contributed by atoms with Gasteiger partial charge in [-0.15, -0.1) is 0 Å². The highest BCUT2D eigenvalue weighted by Gasteiger charge is 1.97. The molecule has 6 nitrogen and oxygen atoms in total. The largest absolute Gasteiger partial charge is 0.346 e. The number of H-pyrrole nitrogens is 1. The van der Waals surface area contributed by atoms with Gasteiger partial charge >= 0.3 is 0 Å². The van der Waals surface area contributed by atoms with E-state index in [1.54, 1.807) is 0 Å². The maximum Gasteiger partial charge on any atom is 0.231 e. The normalized spacial score (nSPS) is 8.60. The van der Waals surface area contributed by atoms with Crippen molar-refractivity contribution in [2.75, 3.05) is 0 Å². The van der Waals surface area contributed by atoms with Crippen molar-refractivity contribution in [2.24, 2.45) is 0 Å². The molecule has 0 atom stereocenters. The van der Waals surface area contributed by atoms with Gasteiger partial charge in [0.15, 0.2) is 0 Å². The summed E-state index contributed by atoms with van der Waals surface area (Å²) in [5.41, 5.74) is 4.01. The van der Waals surface area contributed by atoms with Crippen molar-refractivity contribution in [3.8, 4) is 0 Å². The lowest BCUT2D eigenvalue weighted by Crippen LogP contribution is -1.87. The van der Waals surface area contributed by atoms with Gasteiger partial charge in [0.1, 0.15) is 5.82 Å². The highest BCUT2D eigenvalue weighted by molar-refractivity contribution is 5.26. The van der Waals surface area contributed by atoms with Gasteiger partial charge in [-0.3, -0.25) is 0 Å². The Balaban J connectivity index is 0.000000450. The molecule has 0 spiro atoms. The second-order valence-electron chi connectivity index (χ2n) is 6.21. The van der Waals surface area contributed by atoms with Crippen molar-refractivity contribution >= 4 is 12.2 Å². The topological polar surface area (TPSA) is 111 Å². The zero-order valence-electron chi connectivity index (χ0n) is 17.7. The van der Waals surface area contributed by atoms with Crippen LogP contribution in [0.4, 0.5) is 0 Å². The number of benzene rings is 2. The SMILES string of the molecule is CCCc1cnc(CCC)[nH]1.N=C=O.N=C=O.c1ccc(Cc2ccccc2)cc1. The van der Waals surface area contributed by atoms with Gasteiger partial charge in [0.25, 0.3) is 0 Å². The quantitative estimate of drug-likeness (QED) is 0.377. The number of nitrogens with zero attached hydrogens (tertiary/aromatic N) is 1. The number of hydrogen-bond acceptors (Lipinski definition) is 5. The number of aromatic nitrogens is 2. The molecule has 0 amide bonds. The Hall–Kier alpha value is -3.59. The molecular weight excluding hydrogens is 376 g/mol. The predicted molar refractivity (Wildman–Crippen MR) is 119 cm³/mol. The first kappa shape index (κ1) is 26.4. The molecule has 0 aliphatic rings. The Bertz CT molecular complexity index is 779. The Morgan fingerprint density at radius 2 is 1.23 bits per heavy atom. The van der Waals surface area contributed by atoms with Crippen molar-refractivity contribution in [3.63, 3.8) is 0 Å². The number of aromatic amines is 1. The fourth-order valence-corrected chi connectivity index (χ4v) is 2.59. The second kappa shape index (κ2) is 18.8. The molecule has 3 N–H and O–H groups in total. The van der Waals surface area contributed by atoms with Crippen LogP contribution < -0.4 is 0 Å². The van der Waals surface area contributed by atoms with E-state index in [0.717, 1.165) is 37.2 Å². The summed E-state index contributed by atoms with van der Waals surface area (Å²) in [5.74, 6) is 1.14. The smallest absolute Gasteiger partial charge is 0.231 e. The molecule has 1 aromatic heterocycles. The first-order valence-corrected chi connectivity index (χ1v) is 9.83. The van der Waals surface area contributed by atoms with Crippen LogP contribution in [0.5, 0.6) is 0 Å². The number of rotatable bonds is 6. The average Bonchev–Trinajstić information content (AvgIpc) is 3.19. The van der Waals surface area contributed by atoms with Crippen LogP contribution in [0.15, 0.2) is 66.9 Å². The fraction of sp³-hybridized carbons (Fsp3) is 0.292. The van der Waals surface area contributed by atoms with Gasteiger partial charge in [0.2, 0.25) is 12.2 Å². The van der Waals surface area contributed by atoms with Crippen molar-refractivity contribution < 1.29 is 9.59 Å². The third kappa shape index (κ3) is 13.6. The number of aryl methyl sites for hydroxylation is 2. The van der Waals surface area contributed by atoms with Gasteiger partial charge in [-0.05, 0) is 30.4 Å². The van der Waals surface area contributed by atoms with Crippen LogP contribution in [0.1, 0.15) is 49.3 Å². The first-order chi connectivity index (χ1) is 14.6. The van der Waals surface area contributed by atoms with Gasteiger partial charge in [-0.2, -0.15) is 0 Å². The fourth-order valence-electron chi connectivity index (χ4n) is 2.59. The average molecular weight is 407 g/mol. The minimum atomic E-state index is 0.750. The van der Waals surface area contributed by atoms with Crippen LogP contribution in [0.3, 0.4) is 0 Å². The summed E-state index contributed by atoms with van der Waals surface area (Å²) in [7, 11) is 0. The number of imidazole rings is 1. The molecule has 0 bridgehead atoms. The summed E-state index contributed by atoms with van der Waals surface area (Å²) in [5, 5.41) is 10.8. The van der Waals surface area contributed by atoms with E-state index in [0.29, 0.717) is 0 Å². The van der Waals surface area contributed by atoms with Crippen molar-refractivity contribution in [1.82, 2.24) is 9.97 Å². The molecule has 6 heteroatoms. The second-order valence-corrected chi connectivity index (χ2v) is 6.21. The molecule has 158 valence electrons. The van der Waals surface area contributed by atoms with E-state index in [4.69, 9.17) is 20.4 Å². The summed E-state index contributed by atoms with van der Waals surface area (Å²) >= 11 is 0. The minimum absolute atomic E-state index is 0.750. The molecule has 0 saturated carbocycles. The first-order valence-electron chi connectivity index (χ1n) is 9.83. The summed E-state index contributed by atoms with van der Waals surface area (Å²) in [6, 6.07) is 21.1. The van der Waals surface area contributed by atoms with Crippen LogP contribution in [0, 0.1) is 10.8 Å². The van der Waals surface area contributed by atoms with Crippen LogP contribution in [-0.4, -0.2) is 22.1 Å². The standard InChI is InChI=1S/C13H12.C9H16N2.2CHNO/c1-3-7-12(8-4-1)11-13-9-5-2-6-10-13;1-3-5-8-7-10-9(11-8)6-4-2;2*2-1-3/h1-10H,11H2;7H,3-6H2,1-2H3,(H,10,11);2*2H. The Labute approximate surface area is 178 Å². The number of isocyanates is 2. The predicted octanol–water partition coefficient (Wildman–Crippen LogP) is 5.39. The lowest BCUT2D eigenvalue weighted by Gasteiger charge is -2.00. The molecule has 1 heterocycles. The zero-order valence-corrected chi connectivity index (χ0v) is 17.7. The molecule has 0 unspecified atom stereocenters. The van der Waals surface area contributed by atoms with Crippen molar-refractivity contribution in [2.45, 2.75) is 46.0 Å². The lowest BCUT2D eigenvalue weighted by molar-refractivity contribution is 0.562. The molecule has 2 aromatic carbocycles. The van der Waals surface area contributed by atoms with Gasteiger partial charge in [0.05, 0.1) is 0 Å². The van der Waals surface area contributed by atoms with E-state index in [2.05, 4.69) is 84.5 Å². The zero-order chi connectivity index (χ0) is 22.5. The van der Waals surface area contributed by atoms with Crippen LogP contribution >= 0.6 is 0 Å². The monoisotopic (exact) mass is 406 g/mol. The summed E-state index contributed by atoms with van der Waals surface area (Å²) in [6.45, 7) is 4.35. The molecule has 3 rings (SSSR count). The third-order valence-electron chi connectivity index (χ3n) is 3.78. The van der Waals surface area contributed by atoms with Gasteiger partial charge in [0, 0.05) is 18.3 Å². The maximum absolute atomic E-state index is 8.35. The molecular formula is C24H30N4O2. The van der Waals surface area contributed by atoms with E-state index in [-0.39, 0.29) is 0 Å². The number of carbonyl (C=O) groups excluding carboxylic acids is 2. The molecule has 0 aliphatic heterocycles. The van der Waals surface area contributed by atoms with E-state index < -0.39 is 0 Å². The van der Waals surface area contributed by atoms with Crippen molar-refractivity contribution in [3.05, 3.63) is 89.5 Å². The molecule has 30 heavy (non-hydrogen) atoms. The molecule has 3 aromatic rings. The summed E-state index contributed by atoms with van der Waals surface area (Å²) < 4.78 is 0. The Morgan fingerprint density at radius 3 is 1.63 bits per heavy atom. The van der Waals surface area contributed by atoms with Gasteiger partial charge < -0.3 is 4.98 Å². The Kier molecular flexibility index (Phi) is 16.5. The highest BCUT2D eigenvalue weighted by Crippen LogP contribution is 2.07. The maximum atomic E-state index is 8.35.